The number of carbonyl (C=O) groups is 1. The summed E-state index contributed by atoms with van der Waals surface area (Å²) in [6.45, 7) is 10.3. The Morgan fingerprint density at radius 1 is 1.15 bits per heavy atom. The molecule has 4 rings (SSSR count). The Hall–Kier alpha value is -4.14. The molecule has 3 aromatic rings. The molecular formula is C25H27N5O4. The van der Waals surface area contributed by atoms with Crippen LogP contribution >= 0.6 is 0 Å². The Morgan fingerprint density at radius 2 is 1.94 bits per heavy atom. The Balaban J connectivity index is 1.68. The average molecular weight is 462 g/mol. The highest BCUT2D eigenvalue weighted by atomic mass is 16.5. The van der Waals surface area contributed by atoms with Crippen molar-refractivity contribution in [1.29, 1.82) is 0 Å². The summed E-state index contributed by atoms with van der Waals surface area (Å²) < 4.78 is 18.8. The Labute approximate surface area is 198 Å². The number of hydrogen-bond donors (Lipinski definition) is 1. The average Bonchev–Trinajstić information content (AvgIpc) is 3.30. The van der Waals surface area contributed by atoms with Crippen LogP contribution in [0.2, 0.25) is 0 Å². The number of aryl methyl sites for hydroxylation is 1. The van der Waals surface area contributed by atoms with E-state index >= 15 is 0 Å². The van der Waals surface area contributed by atoms with Gasteiger partial charge in [-0.2, -0.15) is 4.68 Å². The van der Waals surface area contributed by atoms with E-state index in [1.54, 1.807) is 11.6 Å². The number of nitrogens with one attached hydrogen (secondary N) is 1. The maximum atomic E-state index is 12.9. The van der Waals surface area contributed by atoms with Crippen LogP contribution in [0.3, 0.4) is 0 Å². The summed E-state index contributed by atoms with van der Waals surface area (Å²) in [5, 5.41) is 14.9. The molecule has 2 aromatic carbocycles. The minimum atomic E-state index is -0.603. The van der Waals surface area contributed by atoms with E-state index in [-0.39, 0.29) is 6.61 Å². The topological polar surface area (TPSA) is 100 Å². The second kappa shape index (κ2) is 10.2. The SMILES string of the molecule is C=CCOC(=O)C1=C(C)Nc2nnnn2C1c1ccc(OCc2ccc(C)cc2)c(OCC)c1. The first-order valence-electron chi connectivity index (χ1n) is 11.0. The second-order valence-electron chi connectivity index (χ2n) is 7.81. The number of tetrazole rings is 1. The van der Waals surface area contributed by atoms with Gasteiger partial charge in [0.25, 0.3) is 0 Å². The van der Waals surface area contributed by atoms with Crippen molar-refractivity contribution in [3.8, 4) is 11.5 Å². The number of allylic oxidation sites excluding steroid dienone is 1. The van der Waals surface area contributed by atoms with Crippen molar-refractivity contribution >= 4 is 11.9 Å². The molecule has 0 saturated heterocycles. The molecule has 0 spiro atoms. The van der Waals surface area contributed by atoms with Crippen molar-refractivity contribution in [1.82, 2.24) is 20.2 Å². The molecule has 34 heavy (non-hydrogen) atoms. The molecule has 0 saturated carbocycles. The summed E-state index contributed by atoms with van der Waals surface area (Å²) in [4.78, 5) is 12.9. The van der Waals surface area contributed by atoms with Crippen LogP contribution in [0, 0.1) is 6.92 Å². The van der Waals surface area contributed by atoms with Crippen LogP contribution in [0.1, 0.15) is 36.6 Å². The number of aromatic nitrogens is 4. The van der Waals surface area contributed by atoms with Crippen molar-refractivity contribution in [2.24, 2.45) is 0 Å². The van der Waals surface area contributed by atoms with Crippen LogP contribution < -0.4 is 14.8 Å². The number of esters is 1. The predicted molar refractivity (Wildman–Crippen MR) is 127 cm³/mol. The lowest BCUT2D eigenvalue weighted by Crippen LogP contribution is -2.29. The molecule has 9 heteroatoms. The Morgan fingerprint density at radius 3 is 2.68 bits per heavy atom. The summed E-state index contributed by atoms with van der Waals surface area (Å²) in [6.07, 6.45) is 1.52. The number of hydrogen-bond acceptors (Lipinski definition) is 8. The summed E-state index contributed by atoms with van der Waals surface area (Å²) in [6, 6.07) is 13.1. The summed E-state index contributed by atoms with van der Waals surface area (Å²) in [5.41, 5.74) is 4.01. The molecule has 1 aromatic heterocycles. The van der Waals surface area contributed by atoms with Crippen molar-refractivity contribution in [3.05, 3.63) is 83.1 Å². The van der Waals surface area contributed by atoms with E-state index in [1.807, 2.05) is 56.3 Å². The lowest BCUT2D eigenvalue weighted by atomic mass is 9.95. The molecule has 1 N–H and O–H groups in total. The van der Waals surface area contributed by atoms with E-state index in [2.05, 4.69) is 27.4 Å². The van der Waals surface area contributed by atoms with E-state index in [9.17, 15) is 4.79 Å². The van der Waals surface area contributed by atoms with Crippen LogP contribution in [-0.4, -0.2) is 39.4 Å². The summed E-state index contributed by atoms with van der Waals surface area (Å²) in [7, 11) is 0. The van der Waals surface area contributed by atoms with Gasteiger partial charge in [0.05, 0.1) is 12.2 Å². The van der Waals surface area contributed by atoms with Crippen molar-refractivity contribution in [2.45, 2.75) is 33.4 Å². The fraction of sp³-hybridized carbons (Fsp3) is 0.280. The first-order valence-corrected chi connectivity index (χ1v) is 11.0. The number of benzene rings is 2. The quantitative estimate of drug-likeness (QED) is 0.377. The highest BCUT2D eigenvalue weighted by Gasteiger charge is 2.35. The van der Waals surface area contributed by atoms with Gasteiger partial charge in [0.1, 0.15) is 19.3 Å². The molecule has 1 unspecified atom stereocenters. The Bertz CT molecular complexity index is 1220. The van der Waals surface area contributed by atoms with Crippen LogP contribution in [-0.2, 0) is 16.1 Å². The van der Waals surface area contributed by atoms with Crippen LogP contribution in [0.25, 0.3) is 0 Å². The van der Waals surface area contributed by atoms with Gasteiger partial charge in [-0.05, 0) is 54.5 Å². The minimum absolute atomic E-state index is 0.0980. The smallest absolute Gasteiger partial charge is 0.338 e. The van der Waals surface area contributed by atoms with Crippen LogP contribution in [0.4, 0.5) is 5.95 Å². The maximum Gasteiger partial charge on any atom is 0.338 e. The fourth-order valence-electron chi connectivity index (χ4n) is 3.72. The number of rotatable bonds is 9. The zero-order valence-electron chi connectivity index (χ0n) is 19.4. The first kappa shape index (κ1) is 23.0. The monoisotopic (exact) mass is 461 g/mol. The number of anilines is 1. The van der Waals surface area contributed by atoms with E-state index in [1.165, 1.54) is 11.6 Å². The molecule has 9 nitrogen and oxygen atoms in total. The molecule has 0 bridgehead atoms. The van der Waals surface area contributed by atoms with Gasteiger partial charge in [0.2, 0.25) is 5.95 Å². The molecule has 1 atom stereocenters. The van der Waals surface area contributed by atoms with Crippen LogP contribution in [0.5, 0.6) is 11.5 Å². The third-order valence-electron chi connectivity index (χ3n) is 5.36. The number of carbonyl (C=O) groups excluding carboxylic acids is 1. The van der Waals surface area contributed by atoms with Crippen molar-refractivity contribution in [2.75, 3.05) is 18.5 Å². The molecule has 0 fully saturated rings. The van der Waals surface area contributed by atoms with Crippen molar-refractivity contribution in [3.63, 3.8) is 0 Å². The van der Waals surface area contributed by atoms with E-state index < -0.39 is 12.0 Å². The van der Waals surface area contributed by atoms with Gasteiger partial charge in [-0.25, -0.2) is 4.79 Å². The second-order valence-corrected chi connectivity index (χ2v) is 7.81. The molecular weight excluding hydrogens is 434 g/mol. The highest BCUT2D eigenvalue weighted by Crippen LogP contribution is 2.39. The van der Waals surface area contributed by atoms with E-state index in [0.29, 0.717) is 41.9 Å². The molecule has 1 aliphatic heterocycles. The van der Waals surface area contributed by atoms with Gasteiger partial charge in [-0.1, -0.05) is 53.6 Å². The van der Waals surface area contributed by atoms with Gasteiger partial charge >= 0.3 is 5.97 Å². The molecule has 2 heterocycles. The number of nitrogens with zero attached hydrogens (tertiary/aromatic N) is 4. The van der Waals surface area contributed by atoms with Gasteiger partial charge in [0.15, 0.2) is 11.5 Å². The standard InChI is InChI=1S/C25H27N5O4/c1-5-13-33-24(31)22-17(4)26-25-27-28-29-30(25)23(22)19-11-12-20(21(14-19)32-6-2)34-15-18-9-7-16(3)8-10-18/h5,7-12,14,23H,1,6,13,15H2,2-4H3,(H,26,27,29). The highest BCUT2D eigenvalue weighted by molar-refractivity contribution is 5.92. The van der Waals surface area contributed by atoms with Crippen LogP contribution in [0.15, 0.2) is 66.4 Å². The number of fused-ring (bicyclic) bond motifs is 1. The minimum Gasteiger partial charge on any atom is -0.490 e. The van der Waals surface area contributed by atoms with E-state index in [0.717, 1.165) is 11.1 Å². The summed E-state index contributed by atoms with van der Waals surface area (Å²) in [5.74, 6) is 1.12. The molecule has 176 valence electrons. The third kappa shape index (κ3) is 4.78. The summed E-state index contributed by atoms with van der Waals surface area (Å²) >= 11 is 0. The van der Waals surface area contributed by atoms with E-state index in [4.69, 9.17) is 14.2 Å². The molecule has 0 aliphatic carbocycles. The fourth-order valence-corrected chi connectivity index (χ4v) is 3.72. The zero-order chi connectivity index (χ0) is 24.1. The molecule has 1 aliphatic rings. The predicted octanol–water partition coefficient (Wildman–Crippen LogP) is 3.98. The normalized spacial score (nSPS) is 14.7. The van der Waals surface area contributed by atoms with Gasteiger partial charge in [-0.3, -0.25) is 0 Å². The molecule has 0 amide bonds. The van der Waals surface area contributed by atoms with Gasteiger partial charge in [0, 0.05) is 5.70 Å². The van der Waals surface area contributed by atoms with Gasteiger partial charge < -0.3 is 19.5 Å². The maximum absolute atomic E-state index is 12.9. The first-order chi connectivity index (χ1) is 16.5. The zero-order valence-corrected chi connectivity index (χ0v) is 19.4. The lowest BCUT2D eigenvalue weighted by molar-refractivity contribution is -0.138. The largest absolute Gasteiger partial charge is 0.490 e. The Kier molecular flexibility index (Phi) is 6.91. The van der Waals surface area contributed by atoms with Gasteiger partial charge in [-0.15, -0.1) is 0 Å². The van der Waals surface area contributed by atoms with Crippen molar-refractivity contribution < 1.29 is 19.0 Å². The number of ether oxygens (including phenoxy) is 3. The third-order valence-corrected chi connectivity index (χ3v) is 5.36. The molecule has 0 radical (unpaired) electrons. The lowest BCUT2D eigenvalue weighted by Gasteiger charge is -2.27.